The molecule has 1 fully saturated rings. The van der Waals surface area contributed by atoms with Crippen molar-refractivity contribution in [2.45, 2.75) is 32.7 Å². The Kier molecular flexibility index (Phi) is 5.40. The van der Waals surface area contributed by atoms with Gasteiger partial charge in [-0.1, -0.05) is 30.3 Å². The van der Waals surface area contributed by atoms with Crippen LogP contribution in [0.25, 0.3) is 11.8 Å². The van der Waals surface area contributed by atoms with Crippen LogP contribution in [0.5, 0.6) is 0 Å². The number of carbonyl (C=O) groups is 2. The van der Waals surface area contributed by atoms with Gasteiger partial charge in [-0.15, -0.1) is 5.10 Å². The lowest BCUT2D eigenvalue weighted by Crippen LogP contribution is -2.49. The fourth-order valence-electron chi connectivity index (χ4n) is 3.10. The van der Waals surface area contributed by atoms with Crippen molar-refractivity contribution in [3.05, 3.63) is 41.7 Å². The molecule has 1 N–H and O–H groups in total. The first-order valence-electron chi connectivity index (χ1n) is 8.63. The summed E-state index contributed by atoms with van der Waals surface area (Å²) in [5.74, 6) is 0.302. The number of nitrogens with one attached hydrogen (secondary N) is 1. The van der Waals surface area contributed by atoms with Crippen LogP contribution < -0.4 is 5.32 Å². The third-order valence-corrected chi connectivity index (χ3v) is 4.29. The maximum absolute atomic E-state index is 13.2. The Morgan fingerprint density at radius 3 is 2.69 bits per heavy atom. The maximum Gasteiger partial charge on any atom is 0.272 e. The smallest absolute Gasteiger partial charge is 0.272 e. The number of piperidine rings is 1. The van der Waals surface area contributed by atoms with Gasteiger partial charge in [0.25, 0.3) is 5.91 Å². The maximum atomic E-state index is 13.2. The van der Waals surface area contributed by atoms with Crippen LogP contribution in [-0.4, -0.2) is 56.1 Å². The molecule has 0 bridgehead atoms. The van der Waals surface area contributed by atoms with Crippen molar-refractivity contribution in [3.63, 3.8) is 0 Å². The van der Waals surface area contributed by atoms with Crippen LogP contribution in [-0.2, 0) is 9.59 Å². The van der Waals surface area contributed by atoms with Crippen LogP contribution in [0.4, 0.5) is 0 Å². The molecule has 1 aliphatic heterocycles. The molecule has 1 aromatic heterocycles. The summed E-state index contributed by atoms with van der Waals surface area (Å²) in [6.45, 7) is 4.36. The number of benzene rings is 1. The average molecular weight is 354 g/mol. The minimum atomic E-state index is -0.153. The van der Waals surface area contributed by atoms with E-state index in [0.717, 1.165) is 18.4 Å². The van der Waals surface area contributed by atoms with E-state index in [4.69, 9.17) is 0 Å². The van der Waals surface area contributed by atoms with E-state index in [0.29, 0.717) is 24.6 Å². The molecule has 2 heterocycles. The van der Waals surface area contributed by atoms with Crippen LogP contribution in [0.2, 0.25) is 0 Å². The molecule has 1 saturated heterocycles. The van der Waals surface area contributed by atoms with Crippen molar-refractivity contribution in [1.82, 2.24) is 30.4 Å². The van der Waals surface area contributed by atoms with Crippen LogP contribution in [0.15, 0.2) is 30.3 Å². The molecule has 136 valence electrons. The predicted octanol–water partition coefficient (Wildman–Crippen LogP) is 1.11. The fourth-order valence-corrected chi connectivity index (χ4v) is 3.10. The number of likely N-dealkylation sites (tertiary alicyclic amines) is 1. The Bertz CT molecular complexity index is 814. The van der Waals surface area contributed by atoms with Gasteiger partial charge < -0.3 is 10.2 Å². The molecule has 3 rings (SSSR count). The summed E-state index contributed by atoms with van der Waals surface area (Å²) in [4.78, 5) is 26.3. The molecule has 8 nitrogen and oxygen atoms in total. The van der Waals surface area contributed by atoms with Crippen molar-refractivity contribution in [3.8, 4) is 0 Å². The zero-order valence-electron chi connectivity index (χ0n) is 14.9. The molecule has 0 saturated carbocycles. The minimum absolute atomic E-state index is 0.0295. The zero-order chi connectivity index (χ0) is 18.5. The Hall–Kier alpha value is -3.03. The first kappa shape index (κ1) is 17.8. The van der Waals surface area contributed by atoms with E-state index in [1.807, 2.05) is 30.3 Å². The fraction of sp³-hybridized carbons (Fsp3) is 0.389. The number of aromatic nitrogens is 4. The number of tetrazole rings is 1. The molecular formula is C18H22N6O2. The first-order chi connectivity index (χ1) is 12.5. The van der Waals surface area contributed by atoms with Gasteiger partial charge in [-0.05, 0) is 41.8 Å². The summed E-state index contributed by atoms with van der Waals surface area (Å²) >= 11 is 0. The second-order valence-electron chi connectivity index (χ2n) is 6.37. The van der Waals surface area contributed by atoms with Gasteiger partial charge in [-0.25, -0.2) is 0 Å². The largest absolute Gasteiger partial charge is 0.352 e. The monoisotopic (exact) mass is 354 g/mol. The Morgan fingerprint density at radius 1 is 1.27 bits per heavy atom. The number of hydrogen-bond donors (Lipinski definition) is 1. The topological polar surface area (TPSA) is 93.0 Å². The van der Waals surface area contributed by atoms with Gasteiger partial charge in [-0.3, -0.25) is 9.59 Å². The van der Waals surface area contributed by atoms with Gasteiger partial charge in [0, 0.05) is 26.1 Å². The highest BCUT2D eigenvalue weighted by molar-refractivity contribution is 6.18. The second-order valence-corrected chi connectivity index (χ2v) is 6.37. The lowest BCUT2D eigenvalue weighted by Gasteiger charge is -2.33. The number of nitrogens with zero attached hydrogens (tertiary/aromatic N) is 5. The third kappa shape index (κ3) is 4.14. The normalized spacial score (nSPS) is 17.8. The van der Waals surface area contributed by atoms with Crippen molar-refractivity contribution >= 4 is 23.6 Å². The summed E-state index contributed by atoms with van der Waals surface area (Å²) in [5.41, 5.74) is 1.28. The molecule has 1 unspecified atom stereocenters. The summed E-state index contributed by atoms with van der Waals surface area (Å²) in [7, 11) is 0. The van der Waals surface area contributed by atoms with Gasteiger partial charge in [0.1, 0.15) is 5.70 Å². The molecule has 2 aromatic rings. The molecule has 26 heavy (non-hydrogen) atoms. The third-order valence-electron chi connectivity index (χ3n) is 4.29. The Labute approximate surface area is 151 Å². The lowest BCUT2D eigenvalue weighted by atomic mass is 10.0. The van der Waals surface area contributed by atoms with Gasteiger partial charge in [0.2, 0.25) is 5.91 Å². The van der Waals surface area contributed by atoms with Crippen molar-refractivity contribution < 1.29 is 9.59 Å². The number of amides is 2. The molecule has 0 spiro atoms. The minimum Gasteiger partial charge on any atom is -0.352 e. The van der Waals surface area contributed by atoms with Crippen molar-refractivity contribution in [2.24, 2.45) is 0 Å². The number of hydrogen-bond acceptors (Lipinski definition) is 5. The van der Waals surface area contributed by atoms with Gasteiger partial charge in [0.15, 0.2) is 5.82 Å². The SMILES string of the molecule is CC(=O)NC1CCCN(C(=O)/C(=C/c2ccccc2)n2nnnc2C)C1. The van der Waals surface area contributed by atoms with Crippen molar-refractivity contribution in [2.75, 3.05) is 13.1 Å². The summed E-state index contributed by atoms with van der Waals surface area (Å²) in [6.07, 6.45) is 3.49. The molecule has 0 radical (unpaired) electrons. The average Bonchev–Trinajstić information content (AvgIpc) is 3.05. The second kappa shape index (κ2) is 7.90. The molecule has 2 amide bonds. The van der Waals surface area contributed by atoms with Crippen molar-refractivity contribution in [1.29, 1.82) is 0 Å². The van der Waals surface area contributed by atoms with Crippen LogP contribution in [0, 0.1) is 6.92 Å². The van der Waals surface area contributed by atoms with Gasteiger partial charge in [-0.2, -0.15) is 4.68 Å². The highest BCUT2D eigenvalue weighted by atomic mass is 16.2. The summed E-state index contributed by atoms with van der Waals surface area (Å²) in [6, 6.07) is 9.55. The lowest BCUT2D eigenvalue weighted by molar-refractivity contribution is -0.128. The zero-order valence-corrected chi connectivity index (χ0v) is 14.9. The van der Waals surface area contributed by atoms with E-state index < -0.39 is 0 Å². The number of rotatable bonds is 4. The van der Waals surface area contributed by atoms with Gasteiger partial charge >= 0.3 is 0 Å². The van der Waals surface area contributed by atoms with E-state index in [2.05, 4.69) is 20.8 Å². The van der Waals surface area contributed by atoms with E-state index in [1.54, 1.807) is 17.9 Å². The quantitative estimate of drug-likeness (QED) is 0.830. The summed E-state index contributed by atoms with van der Waals surface area (Å²) < 4.78 is 1.46. The Morgan fingerprint density at radius 2 is 2.04 bits per heavy atom. The van der Waals surface area contributed by atoms with E-state index in [-0.39, 0.29) is 17.9 Å². The molecule has 1 aromatic carbocycles. The van der Waals surface area contributed by atoms with Crippen LogP contribution >= 0.6 is 0 Å². The molecule has 0 aliphatic carbocycles. The molecule has 8 heteroatoms. The highest BCUT2D eigenvalue weighted by Crippen LogP contribution is 2.18. The predicted molar refractivity (Wildman–Crippen MR) is 96.6 cm³/mol. The number of aryl methyl sites for hydroxylation is 1. The highest BCUT2D eigenvalue weighted by Gasteiger charge is 2.28. The van der Waals surface area contributed by atoms with Crippen LogP contribution in [0.3, 0.4) is 0 Å². The van der Waals surface area contributed by atoms with Crippen LogP contribution in [0.1, 0.15) is 31.2 Å². The number of carbonyl (C=O) groups excluding carboxylic acids is 2. The standard InChI is InChI=1S/C18H22N6O2/c1-13-20-21-22-24(13)17(11-15-7-4-3-5-8-15)18(26)23-10-6-9-16(12-23)19-14(2)25/h3-5,7-8,11,16H,6,9-10,12H2,1-2H3,(H,19,25)/b17-11-. The molecular weight excluding hydrogens is 332 g/mol. The Balaban J connectivity index is 1.89. The summed E-state index contributed by atoms with van der Waals surface area (Å²) in [5, 5.41) is 14.4. The van der Waals surface area contributed by atoms with E-state index >= 15 is 0 Å². The first-order valence-corrected chi connectivity index (χ1v) is 8.63. The molecule has 1 aliphatic rings. The van der Waals surface area contributed by atoms with Gasteiger partial charge in [0.05, 0.1) is 0 Å². The van der Waals surface area contributed by atoms with E-state index in [1.165, 1.54) is 11.6 Å². The molecule has 1 atom stereocenters. The van der Waals surface area contributed by atoms with E-state index in [9.17, 15) is 9.59 Å².